The van der Waals surface area contributed by atoms with Crippen LogP contribution in [0.2, 0.25) is 0 Å². The maximum absolute atomic E-state index is 12.5. The van der Waals surface area contributed by atoms with Crippen LogP contribution in [0.4, 0.5) is 5.69 Å². The molecule has 0 unspecified atom stereocenters. The van der Waals surface area contributed by atoms with Crippen LogP contribution in [-0.2, 0) is 0 Å². The predicted octanol–water partition coefficient (Wildman–Crippen LogP) is 4.71. The largest absolute Gasteiger partial charge is 0.507 e. The van der Waals surface area contributed by atoms with E-state index < -0.39 is 5.78 Å². The van der Waals surface area contributed by atoms with E-state index in [0.29, 0.717) is 17.1 Å². The van der Waals surface area contributed by atoms with Crippen LogP contribution < -0.4 is 9.64 Å². The van der Waals surface area contributed by atoms with Crippen molar-refractivity contribution in [3.05, 3.63) is 83.9 Å². The van der Waals surface area contributed by atoms with Gasteiger partial charge >= 0.3 is 0 Å². The molecule has 0 aliphatic rings. The SMILES string of the molecule is CN(C)c1cccc(C(=O)CC(=O)c2ccc(Oc3ccccc3)cc2O)c1. The number of aromatic hydroxyl groups is 1. The number of ketones is 2. The number of anilines is 1. The van der Waals surface area contributed by atoms with Crippen molar-refractivity contribution in [2.75, 3.05) is 19.0 Å². The maximum Gasteiger partial charge on any atom is 0.174 e. The summed E-state index contributed by atoms with van der Waals surface area (Å²) in [6, 6.07) is 20.6. The Bertz CT molecular complexity index is 996. The molecule has 3 aromatic rings. The molecule has 28 heavy (non-hydrogen) atoms. The van der Waals surface area contributed by atoms with Gasteiger partial charge in [0, 0.05) is 31.4 Å². The number of Topliss-reactive ketones (excluding diaryl/α,β-unsaturated/α-hetero) is 2. The van der Waals surface area contributed by atoms with E-state index in [2.05, 4.69) is 0 Å². The Labute approximate surface area is 163 Å². The third-order valence-corrected chi connectivity index (χ3v) is 4.25. The van der Waals surface area contributed by atoms with Gasteiger partial charge in [-0.15, -0.1) is 0 Å². The van der Waals surface area contributed by atoms with Crippen LogP contribution in [0.3, 0.4) is 0 Å². The van der Waals surface area contributed by atoms with Gasteiger partial charge in [-0.3, -0.25) is 9.59 Å². The van der Waals surface area contributed by atoms with E-state index >= 15 is 0 Å². The number of carbonyl (C=O) groups excluding carboxylic acids is 2. The van der Waals surface area contributed by atoms with Gasteiger partial charge in [0.2, 0.25) is 0 Å². The number of hydrogen-bond donors (Lipinski definition) is 1. The first-order chi connectivity index (χ1) is 13.4. The molecule has 0 atom stereocenters. The Kier molecular flexibility index (Phi) is 5.75. The quantitative estimate of drug-likeness (QED) is 0.479. The standard InChI is InChI=1S/C23H21NO4/c1-24(2)17-8-6-7-16(13-17)21(25)15-23(27)20-12-11-19(14-22(20)26)28-18-9-4-3-5-10-18/h3-14,26H,15H2,1-2H3. The second-order valence-electron chi connectivity index (χ2n) is 6.56. The van der Waals surface area contributed by atoms with E-state index in [9.17, 15) is 14.7 Å². The monoisotopic (exact) mass is 375 g/mol. The zero-order valence-corrected chi connectivity index (χ0v) is 15.8. The Balaban J connectivity index is 1.72. The minimum atomic E-state index is -0.441. The van der Waals surface area contributed by atoms with Gasteiger partial charge in [-0.2, -0.15) is 0 Å². The topological polar surface area (TPSA) is 66.8 Å². The molecule has 0 radical (unpaired) electrons. The number of rotatable bonds is 7. The summed E-state index contributed by atoms with van der Waals surface area (Å²) in [5, 5.41) is 10.2. The molecule has 0 bridgehead atoms. The van der Waals surface area contributed by atoms with Gasteiger partial charge < -0.3 is 14.7 Å². The smallest absolute Gasteiger partial charge is 0.174 e. The summed E-state index contributed by atoms with van der Waals surface area (Å²) in [7, 11) is 3.76. The fourth-order valence-corrected chi connectivity index (χ4v) is 2.74. The molecule has 5 nitrogen and oxygen atoms in total. The van der Waals surface area contributed by atoms with E-state index in [4.69, 9.17) is 4.74 Å². The lowest BCUT2D eigenvalue weighted by molar-refractivity contribution is 0.0893. The van der Waals surface area contributed by atoms with Crippen LogP contribution in [0, 0.1) is 0 Å². The normalized spacial score (nSPS) is 10.4. The number of para-hydroxylation sites is 1. The number of ether oxygens (including phenoxy) is 1. The fraction of sp³-hybridized carbons (Fsp3) is 0.130. The molecule has 0 aliphatic carbocycles. The van der Waals surface area contributed by atoms with Gasteiger partial charge in [0.1, 0.15) is 17.2 Å². The molecule has 0 heterocycles. The van der Waals surface area contributed by atoms with Crippen LogP contribution in [-0.4, -0.2) is 30.8 Å². The summed E-state index contributed by atoms with van der Waals surface area (Å²) in [4.78, 5) is 26.9. The molecule has 5 heteroatoms. The first-order valence-electron chi connectivity index (χ1n) is 8.84. The molecular formula is C23H21NO4. The summed E-state index contributed by atoms with van der Waals surface area (Å²) in [6.45, 7) is 0. The zero-order valence-electron chi connectivity index (χ0n) is 15.8. The van der Waals surface area contributed by atoms with Crippen molar-refractivity contribution in [3.63, 3.8) is 0 Å². The lowest BCUT2D eigenvalue weighted by Crippen LogP contribution is -2.12. The van der Waals surface area contributed by atoms with Crippen molar-refractivity contribution in [2.45, 2.75) is 6.42 Å². The van der Waals surface area contributed by atoms with Crippen LogP contribution in [0.15, 0.2) is 72.8 Å². The Hall–Kier alpha value is -3.60. The lowest BCUT2D eigenvalue weighted by atomic mass is 10.0. The van der Waals surface area contributed by atoms with Crippen LogP contribution >= 0.6 is 0 Å². The predicted molar refractivity (Wildman–Crippen MR) is 109 cm³/mol. The van der Waals surface area contributed by atoms with E-state index in [1.807, 2.05) is 43.3 Å². The highest BCUT2D eigenvalue weighted by molar-refractivity contribution is 6.14. The summed E-state index contributed by atoms with van der Waals surface area (Å²) in [5.74, 6) is 0.0807. The van der Waals surface area contributed by atoms with E-state index in [1.165, 1.54) is 12.1 Å². The second-order valence-corrected chi connectivity index (χ2v) is 6.56. The Morgan fingerprint density at radius 1 is 0.857 bits per heavy atom. The molecule has 0 aromatic heterocycles. The van der Waals surface area contributed by atoms with Gasteiger partial charge in [0.15, 0.2) is 11.6 Å². The highest BCUT2D eigenvalue weighted by Crippen LogP contribution is 2.28. The van der Waals surface area contributed by atoms with Crippen molar-refractivity contribution in [1.82, 2.24) is 0 Å². The van der Waals surface area contributed by atoms with Crippen molar-refractivity contribution < 1.29 is 19.4 Å². The van der Waals surface area contributed by atoms with Gasteiger partial charge in [-0.25, -0.2) is 0 Å². The minimum absolute atomic E-state index is 0.0949. The van der Waals surface area contributed by atoms with Gasteiger partial charge in [-0.1, -0.05) is 30.3 Å². The lowest BCUT2D eigenvalue weighted by Gasteiger charge is -2.13. The first-order valence-corrected chi connectivity index (χ1v) is 8.84. The average Bonchev–Trinajstić information content (AvgIpc) is 2.68. The van der Waals surface area contributed by atoms with E-state index in [1.54, 1.807) is 36.4 Å². The minimum Gasteiger partial charge on any atom is -0.507 e. The third kappa shape index (κ3) is 4.57. The molecule has 0 saturated carbocycles. The molecule has 0 amide bonds. The highest BCUT2D eigenvalue weighted by Gasteiger charge is 2.18. The second kappa shape index (κ2) is 8.39. The number of phenolic OH excluding ortho intramolecular Hbond substituents is 1. The Morgan fingerprint density at radius 2 is 1.61 bits per heavy atom. The highest BCUT2D eigenvalue weighted by atomic mass is 16.5. The molecule has 142 valence electrons. The van der Waals surface area contributed by atoms with Crippen molar-refractivity contribution in [3.8, 4) is 17.2 Å². The number of nitrogens with zero attached hydrogens (tertiary/aromatic N) is 1. The summed E-state index contributed by atoms with van der Waals surface area (Å²) >= 11 is 0. The van der Waals surface area contributed by atoms with Crippen LogP contribution in [0.25, 0.3) is 0 Å². The molecule has 3 aromatic carbocycles. The molecule has 0 saturated heterocycles. The number of phenols is 1. The van der Waals surface area contributed by atoms with Crippen molar-refractivity contribution in [2.24, 2.45) is 0 Å². The third-order valence-electron chi connectivity index (χ3n) is 4.25. The summed E-state index contributed by atoms with van der Waals surface area (Å²) in [5.41, 5.74) is 1.43. The number of carbonyl (C=O) groups is 2. The van der Waals surface area contributed by atoms with E-state index in [0.717, 1.165) is 5.69 Å². The summed E-state index contributed by atoms with van der Waals surface area (Å²) < 4.78 is 5.64. The number of hydrogen-bond acceptors (Lipinski definition) is 5. The van der Waals surface area contributed by atoms with Crippen LogP contribution in [0.1, 0.15) is 27.1 Å². The Morgan fingerprint density at radius 3 is 2.29 bits per heavy atom. The zero-order chi connectivity index (χ0) is 20.1. The molecular weight excluding hydrogens is 354 g/mol. The molecule has 0 fully saturated rings. The molecule has 0 spiro atoms. The van der Waals surface area contributed by atoms with Gasteiger partial charge in [0.05, 0.1) is 12.0 Å². The van der Waals surface area contributed by atoms with Crippen LogP contribution in [0.5, 0.6) is 17.2 Å². The maximum atomic E-state index is 12.5. The van der Waals surface area contributed by atoms with Crippen molar-refractivity contribution in [1.29, 1.82) is 0 Å². The van der Waals surface area contributed by atoms with Crippen molar-refractivity contribution >= 4 is 17.3 Å². The summed E-state index contributed by atoms with van der Waals surface area (Å²) in [6.07, 6.45) is -0.316. The molecule has 0 aliphatic heterocycles. The fourth-order valence-electron chi connectivity index (χ4n) is 2.74. The van der Waals surface area contributed by atoms with Gasteiger partial charge in [0.25, 0.3) is 0 Å². The average molecular weight is 375 g/mol. The van der Waals surface area contributed by atoms with E-state index in [-0.39, 0.29) is 23.5 Å². The van der Waals surface area contributed by atoms with Gasteiger partial charge in [-0.05, 0) is 36.4 Å². The number of benzene rings is 3. The first kappa shape index (κ1) is 19.2. The molecule has 1 N–H and O–H groups in total. The molecule has 3 rings (SSSR count).